The van der Waals surface area contributed by atoms with E-state index in [0.717, 1.165) is 30.2 Å². The van der Waals surface area contributed by atoms with Crippen molar-refractivity contribution in [3.8, 4) is 11.4 Å². The Balaban J connectivity index is 1.58. The predicted molar refractivity (Wildman–Crippen MR) is 107 cm³/mol. The molecular weight excluding hydrogens is 338 g/mol. The number of anilines is 3. The Labute approximate surface area is 157 Å². The summed E-state index contributed by atoms with van der Waals surface area (Å²) < 4.78 is 1.91. The quantitative estimate of drug-likeness (QED) is 0.565. The Hall–Kier alpha value is -3.48. The molecule has 0 fully saturated rings. The van der Waals surface area contributed by atoms with Gasteiger partial charge in [0.1, 0.15) is 0 Å². The van der Waals surface area contributed by atoms with Gasteiger partial charge in [-0.3, -0.25) is 4.40 Å². The highest BCUT2D eigenvalue weighted by molar-refractivity contribution is 5.63. The molecule has 0 amide bonds. The molecule has 3 aromatic heterocycles. The lowest BCUT2D eigenvalue weighted by Gasteiger charge is -2.21. The first kappa shape index (κ1) is 17.0. The van der Waals surface area contributed by atoms with Gasteiger partial charge in [0.15, 0.2) is 0 Å². The monoisotopic (exact) mass is 359 g/mol. The zero-order valence-corrected chi connectivity index (χ0v) is 15.4. The molecule has 0 aliphatic heterocycles. The fourth-order valence-electron chi connectivity index (χ4n) is 3.05. The van der Waals surface area contributed by atoms with Crippen LogP contribution in [0, 0.1) is 0 Å². The number of aromatic nitrogens is 5. The summed E-state index contributed by atoms with van der Waals surface area (Å²) in [4.78, 5) is 19.8. The highest BCUT2D eigenvalue weighted by Crippen LogP contribution is 2.22. The van der Waals surface area contributed by atoms with Crippen LogP contribution < -0.4 is 10.2 Å². The van der Waals surface area contributed by atoms with E-state index in [0.29, 0.717) is 11.7 Å². The standard InChI is InChI=1S/C20H21N7/c1-3-26(4-2)16-8-6-15(7-9-16)24-19-21-12-10-17(25-19)18-14-23-20-22-11-5-13-27(18)20/h5-14H,3-4H2,1-2H3,(H,21,24,25). The molecule has 7 nitrogen and oxygen atoms in total. The number of benzene rings is 1. The van der Waals surface area contributed by atoms with Crippen molar-refractivity contribution in [3.63, 3.8) is 0 Å². The lowest BCUT2D eigenvalue weighted by molar-refractivity contribution is 0.866. The molecule has 4 aromatic rings. The average Bonchev–Trinajstić information content (AvgIpc) is 3.15. The van der Waals surface area contributed by atoms with E-state index in [9.17, 15) is 0 Å². The van der Waals surface area contributed by atoms with Crippen LogP contribution in [0.4, 0.5) is 17.3 Å². The number of rotatable bonds is 6. The second-order valence-corrected chi connectivity index (χ2v) is 6.04. The molecule has 1 N–H and O–H groups in total. The summed E-state index contributed by atoms with van der Waals surface area (Å²) in [6.45, 7) is 6.29. The van der Waals surface area contributed by atoms with Gasteiger partial charge in [0.2, 0.25) is 11.7 Å². The van der Waals surface area contributed by atoms with Crippen LogP contribution in [0.25, 0.3) is 17.2 Å². The van der Waals surface area contributed by atoms with Crippen molar-refractivity contribution < 1.29 is 0 Å². The molecule has 0 unspecified atom stereocenters. The lowest BCUT2D eigenvalue weighted by Crippen LogP contribution is -2.21. The summed E-state index contributed by atoms with van der Waals surface area (Å²) >= 11 is 0. The van der Waals surface area contributed by atoms with Gasteiger partial charge >= 0.3 is 0 Å². The topological polar surface area (TPSA) is 71.2 Å². The number of imidazole rings is 1. The highest BCUT2D eigenvalue weighted by Gasteiger charge is 2.09. The third-order valence-corrected chi connectivity index (χ3v) is 4.46. The van der Waals surface area contributed by atoms with E-state index < -0.39 is 0 Å². The van der Waals surface area contributed by atoms with Crippen LogP contribution in [-0.4, -0.2) is 37.4 Å². The number of fused-ring (bicyclic) bond motifs is 1. The van der Waals surface area contributed by atoms with E-state index in [4.69, 9.17) is 0 Å². The molecule has 0 saturated carbocycles. The van der Waals surface area contributed by atoms with Gasteiger partial charge in [-0.05, 0) is 50.2 Å². The van der Waals surface area contributed by atoms with E-state index in [1.54, 1.807) is 18.6 Å². The smallest absolute Gasteiger partial charge is 0.234 e. The van der Waals surface area contributed by atoms with Crippen LogP contribution in [0.15, 0.2) is 61.2 Å². The normalized spacial score (nSPS) is 10.9. The van der Waals surface area contributed by atoms with Crippen molar-refractivity contribution in [2.75, 3.05) is 23.3 Å². The first-order chi connectivity index (χ1) is 13.3. The highest BCUT2D eigenvalue weighted by atomic mass is 15.1. The zero-order valence-electron chi connectivity index (χ0n) is 15.4. The maximum Gasteiger partial charge on any atom is 0.234 e. The van der Waals surface area contributed by atoms with Crippen LogP contribution in [0.5, 0.6) is 0 Å². The summed E-state index contributed by atoms with van der Waals surface area (Å²) in [5.41, 5.74) is 3.81. The number of hydrogen-bond donors (Lipinski definition) is 1. The maximum absolute atomic E-state index is 4.63. The minimum Gasteiger partial charge on any atom is -0.372 e. The van der Waals surface area contributed by atoms with Crippen molar-refractivity contribution in [2.24, 2.45) is 0 Å². The fraction of sp³-hybridized carbons (Fsp3) is 0.200. The second kappa shape index (κ2) is 7.41. The van der Waals surface area contributed by atoms with Crippen LogP contribution in [0.1, 0.15) is 13.8 Å². The van der Waals surface area contributed by atoms with Crippen molar-refractivity contribution in [1.29, 1.82) is 0 Å². The van der Waals surface area contributed by atoms with Crippen LogP contribution >= 0.6 is 0 Å². The van der Waals surface area contributed by atoms with Crippen LogP contribution in [0.2, 0.25) is 0 Å². The largest absolute Gasteiger partial charge is 0.372 e. The molecular formula is C20H21N7. The Bertz CT molecular complexity index is 1040. The summed E-state index contributed by atoms with van der Waals surface area (Å²) in [6.07, 6.45) is 7.16. The molecule has 0 bridgehead atoms. The van der Waals surface area contributed by atoms with Crippen molar-refractivity contribution in [1.82, 2.24) is 24.3 Å². The minimum absolute atomic E-state index is 0.543. The molecule has 27 heavy (non-hydrogen) atoms. The van der Waals surface area contributed by atoms with Gasteiger partial charge < -0.3 is 10.2 Å². The van der Waals surface area contributed by atoms with E-state index in [-0.39, 0.29) is 0 Å². The Kier molecular flexibility index (Phi) is 4.65. The third-order valence-electron chi connectivity index (χ3n) is 4.46. The van der Waals surface area contributed by atoms with Gasteiger partial charge in [0.25, 0.3) is 0 Å². The molecule has 4 rings (SSSR count). The van der Waals surface area contributed by atoms with Crippen molar-refractivity contribution in [2.45, 2.75) is 13.8 Å². The zero-order chi connectivity index (χ0) is 18.6. The fourth-order valence-corrected chi connectivity index (χ4v) is 3.05. The van der Waals surface area contributed by atoms with E-state index >= 15 is 0 Å². The minimum atomic E-state index is 0.543. The molecule has 0 aliphatic rings. The maximum atomic E-state index is 4.63. The van der Waals surface area contributed by atoms with Gasteiger partial charge in [-0.25, -0.2) is 19.9 Å². The Morgan fingerprint density at radius 3 is 2.56 bits per heavy atom. The van der Waals surface area contributed by atoms with Crippen molar-refractivity contribution in [3.05, 3.63) is 61.2 Å². The molecule has 1 aromatic carbocycles. The van der Waals surface area contributed by atoms with Gasteiger partial charge in [-0.1, -0.05) is 0 Å². The molecule has 0 atom stereocenters. The molecule has 0 radical (unpaired) electrons. The van der Waals surface area contributed by atoms with Crippen LogP contribution in [0.3, 0.4) is 0 Å². The summed E-state index contributed by atoms with van der Waals surface area (Å²) in [5.74, 6) is 1.19. The Morgan fingerprint density at radius 1 is 0.963 bits per heavy atom. The summed E-state index contributed by atoms with van der Waals surface area (Å²) in [6, 6.07) is 12.0. The number of nitrogens with zero attached hydrogens (tertiary/aromatic N) is 6. The van der Waals surface area contributed by atoms with E-state index in [1.807, 2.05) is 34.9 Å². The predicted octanol–water partition coefficient (Wildman–Crippen LogP) is 3.78. The van der Waals surface area contributed by atoms with Gasteiger partial charge in [-0.15, -0.1) is 0 Å². The average molecular weight is 359 g/mol. The first-order valence-corrected chi connectivity index (χ1v) is 9.02. The summed E-state index contributed by atoms with van der Waals surface area (Å²) in [5, 5.41) is 3.27. The van der Waals surface area contributed by atoms with Gasteiger partial charge in [-0.2, -0.15) is 0 Å². The second-order valence-electron chi connectivity index (χ2n) is 6.04. The number of nitrogens with one attached hydrogen (secondary N) is 1. The molecule has 0 spiro atoms. The Morgan fingerprint density at radius 2 is 1.78 bits per heavy atom. The lowest BCUT2D eigenvalue weighted by atomic mass is 10.2. The SMILES string of the molecule is CCN(CC)c1ccc(Nc2nccc(-c3cnc4ncccn34)n2)cc1. The van der Waals surface area contributed by atoms with Gasteiger partial charge in [0.05, 0.1) is 17.6 Å². The molecule has 0 saturated heterocycles. The first-order valence-electron chi connectivity index (χ1n) is 9.02. The number of hydrogen-bond acceptors (Lipinski definition) is 6. The van der Waals surface area contributed by atoms with Crippen LogP contribution in [-0.2, 0) is 0 Å². The molecule has 0 aliphatic carbocycles. The molecule has 3 heterocycles. The summed E-state index contributed by atoms with van der Waals surface area (Å²) in [7, 11) is 0. The van der Waals surface area contributed by atoms with E-state index in [2.05, 4.69) is 56.1 Å². The molecule has 136 valence electrons. The van der Waals surface area contributed by atoms with Gasteiger partial charge in [0, 0.05) is 43.1 Å². The van der Waals surface area contributed by atoms with E-state index in [1.165, 1.54) is 5.69 Å². The third kappa shape index (κ3) is 3.44. The van der Waals surface area contributed by atoms with Crippen molar-refractivity contribution >= 4 is 23.1 Å². The molecule has 7 heteroatoms.